The van der Waals surface area contributed by atoms with Gasteiger partial charge in [0.1, 0.15) is 18.1 Å². The Labute approximate surface area is 193 Å². The van der Waals surface area contributed by atoms with Gasteiger partial charge in [-0.3, -0.25) is 14.4 Å². The van der Waals surface area contributed by atoms with Crippen molar-refractivity contribution < 1.29 is 24.3 Å². The van der Waals surface area contributed by atoms with Crippen LogP contribution < -0.4 is 21.7 Å². The molecule has 32 heavy (non-hydrogen) atoms. The van der Waals surface area contributed by atoms with Crippen LogP contribution in [0.2, 0.25) is 0 Å². The maximum Gasteiger partial charge on any atom is 0.327 e. The van der Waals surface area contributed by atoms with Crippen LogP contribution in [-0.4, -0.2) is 68.7 Å². The average molecular weight is 471 g/mol. The SMILES string of the molecule is CC(C)CC(NC(=O)C(Cc1cnc[nH]1)NC(=O)C(N)C(C)C)C(=O)NC(CS)C(=O)O. The van der Waals surface area contributed by atoms with Gasteiger partial charge in [0.25, 0.3) is 0 Å². The van der Waals surface area contributed by atoms with E-state index in [9.17, 15) is 24.3 Å². The smallest absolute Gasteiger partial charge is 0.327 e. The summed E-state index contributed by atoms with van der Waals surface area (Å²) in [7, 11) is 0. The van der Waals surface area contributed by atoms with Crippen LogP contribution in [0, 0.1) is 11.8 Å². The molecule has 0 aliphatic heterocycles. The van der Waals surface area contributed by atoms with Gasteiger partial charge in [0.05, 0.1) is 12.4 Å². The fraction of sp³-hybridized carbons (Fsp3) is 0.650. The maximum atomic E-state index is 13.1. The zero-order chi connectivity index (χ0) is 24.4. The van der Waals surface area contributed by atoms with Gasteiger partial charge >= 0.3 is 5.97 Å². The molecular formula is C20H34N6O5S. The summed E-state index contributed by atoms with van der Waals surface area (Å²) in [4.78, 5) is 56.3. The van der Waals surface area contributed by atoms with Crippen molar-refractivity contribution in [1.29, 1.82) is 0 Å². The van der Waals surface area contributed by atoms with E-state index >= 15 is 0 Å². The van der Waals surface area contributed by atoms with Crippen molar-refractivity contribution in [3.8, 4) is 0 Å². The van der Waals surface area contributed by atoms with Crippen molar-refractivity contribution in [3.05, 3.63) is 18.2 Å². The number of rotatable bonds is 13. The molecule has 0 saturated carbocycles. The number of aromatic nitrogens is 2. The summed E-state index contributed by atoms with van der Waals surface area (Å²) in [6.07, 6.45) is 3.35. The first kappa shape index (κ1) is 27.4. The predicted molar refractivity (Wildman–Crippen MR) is 122 cm³/mol. The number of hydrogen-bond acceptors (Lipinski definition) is 7. The van der Waals surface area contributed by atoms with E-state index in [4.69, 9.17) is 5.73 Å². The van der Waals surface area contributed by atoms with Crippen molar-refractivity contribution in [2.24, 2.45) is 17.6 Å². The van der Waals surface area contributed by atoms with Crippen LogP contribution in [0.5, 0.6) is 0 Å². The Morgan fingerprint density at radius 2 is 1.59 bits per heavy atom. The molecule has 0 radical (unpaired) electrons. The molecule has 12 heteroatoms. The predicted octanol–water partition coefficient (Wildman–Crippen LogP) is -0.550. The van der Waals surface area contributed by atoms with Crippen molar-refractivity contribution in [2.45, 2.75) is 64.7 Å². The van der Waals surface area contributed by atoms with E-state index in [1.807, 2.05) is 13.8 Å². The Bertz CT molecular complexity index is 771. The van der Waals surface area contributed by atoms with Gasteiger partial charge in [0.2, 0.25) is 17.7 Å². The number of carbonyl (C=O) groups excluding carboxylic acids is 3. The minimum absolute atomic E-state index is 0.0281. The summed E-state index contributed by atoms with van der Waals surface area (Å²) in [6, 6.07) is -4.02. The molecule has 7 N–H and O–H groups in total. The first-order valence-corrected chi connectivity index (χ1v) is 11.1. The summed E-state index contributed by atoms with van der Waals surface area (Å²) in [6.45, 7) is 7.31. The van der Waals surface area contributed by atoms with Gasteiger partial charge < -0.3 is 31.8 Å². The molecule has 11 nitrogen and oxygen atoms in total. The number of thiol groups is 1. The van der Waals surface area contributed by atoms with Crippen molar-refractivity contribution >= 4 is 36.3 Å². The number of amides is 3. The second kappa shape index (κ2) is 13.1. The number of nitrogens with zero attached hydrogens (tertiary/aromatic N) is 1. The molecule has 1 heterocycles. The van der Waals surface area contributed by atoms with Gasteiger partial charge in [0.15, 0.2) is 0 Å². The molecule has 180 valence electrons. The van der Waals surface area contributed by atoms with Crippen LogP contribution >= 0.6 is 12.6 Å². The molecule has 0 bridgehead atoms. The lowest BCUT2D eigenvalue weighted by molar-refractivity contribution is -0.141. The van der Waals surface area contributed by atoms with Crippen LogP contribution in [-0.2, 0) is 25.6 Å². The highest BCUT2D eigenvalue weighted by Crippen LogP contribution is 2.08. The molecule has 0 saturated heterocycles. The van der Waals surface area contributed by atoms with Gasteiger partial charge in [-0.2, -0.15) is 12.6 Å². The molecule has 1 rings (SSSR count). The Balaban J connectivity index is 3.03. The number of aliphatic carboxylic acids is 1. The van der Waals surface area contributed by atoms with Crippen LogP contribution in [0.3, 0.4) is 0 Å². The Morgan fingerprint density at radius 3 is 2.06 bits per heavy atom. The molecule has 0 spiro atoms. The molecular weight excluding hydrogens is 436 g/mol. The van der Waals surface area contributed by atoms with E-state index in [0.717, 1.165) is 0 Å². The zero-order valence-electron chi connectivity index (χ0n) is 18.8. The van der Waals surface area contributed by atoms with Crippen LogP contribution in [0.4, 0.5) is 0 Å². The number of imidazole rings is 1. The van der Waals surface area contributed by atoms with Crippen LogP contribution in [0.1, 0.15) is 39.8 Å². The third kappa shape index (κ3) is 8.87. The average Bonchev–Trinajstić information content (AvgIpc) is 3.22. The van der Waals surface area contributed by atoms with E-state index in [1.54, 1.807) is 13.8 Å². The number of carboxylic acid groups (broad SMARTS) is 1. The Kier molecular flexibility index (Phi) is 11.2. The van der Waals surface area contributed by atoms with Gasteiger partial charge in [0, 0.05) is 24.1 Å². The van der Waals surface area contributed by atoms with Crippen LogP contribution in [0.25, 0.3) is 0 Å². The fourth-order valence-corrected chi connectivity index (χ4v) is 3.08. The lowest BCUT2D eigenvalue weighted by Gasteiger charge is -2.26. The van der Waals surface area contributed by atoms with E-state index in [0.29, 0.717) is 5.69 Å². The highest BCUT2D eigenvalue weighted by Gasteiger charge is 2.31. The first-order chi connectivity index (χ1) is 15.0. The highest BCUT2D eigenvalue weighted by atomic mass is 32.1. The van der Waals surface area contributed by atoms with Crippen molar-refractivity contribution in [3.63, 3.8) is 0 Å². The summed E-state index contributed by atoms with van der Waals surface area (Å²) < 4.78 is 0. The molecule has 0 aliphatic rings. The second-order valence-electron chi connectivity index (χ2n) is 8.38. The van der Waals surface area contributed by atoms with Gasteiger partial charge in [-0.05, 0) is 18.3 Å². The minimum Gasteiger partial charge on any atom is -0.480 e. The number of carboxylic acids is 1. The monoisotopic (exact) mass is 470 g/mol. The number of aromatic amines is 1. The number of carbonyl (C=O) groups is 4. The van der Waals surface area contributed by atoms with Crippen LogP contribution in [0.15, 0.2) is 12.5 Å². The fourth-order valence-electron chi connectivity index (χ4n) is 2.83. The maximum absolute atomic E-state index is 13.1. The quantitative estimate of drug-likeness (QED) is 0.189. The molecule has 1 aromatic rings. The number of nitrogens with two attached hydrogens (primary N) is 1. The van der Waals surface area contributed by atoms with E-state index < -0.39 is 47.9 Å². The molecule has 0 aliphatic carbocycles. The minimum atomic E-state index is -1.23. The first-order valence-electron chi connectivity index (χ1n) is 10.4. The summed E-state index contributed by atoms with van der Waals surface area (Å²) in [5, 5.41) is 16.8. The molecule has 1 aromatic heterocycles. The lowest BCUT2D eigenvalue weighted by atomic mass is 10.0. The number of nitrogens with one attached hydrogen (secondary N) is 4. The topological polar surface area (TPSA) is 179 Å². The largest absolute Gasteiger partial charge is 0.480 e. The van der Waals surface area contributed by atoms with Gasteiger partial charge in [-0.25, -0.2) is 9.78 Å². The molecule has 0 fully saturated rings. The van der Waals surface area contributed by atoms with Gasteiger partial charge in [-0.1, -0.05) is 27.7 Å². The summed E-state index contributed by atoms with van der Waals surface area (Å²) >= 11 is 3.94. The lowest BCUT2D eigenvalue weighted by Crippen LogP contribution is -2.58. The standard InChI is InChI=1S/C20H34N6O5S/c1-10(2)5-13(17(27)26-15(8-32)20(30)31)24-18(28)14(6-12-7-22-9-23-12)25-19(29)16(21)11(3)4/h7,9-11,13-16,32H,5-6,8,21H2,1-4H3,(H,22,23)(H,24,28)(H,25,29)(H,26,27)(H,30,31). The third-order valence-electron chi connectivity index (χ3n) is 4.77. The van der Waals surface area contributed by atoms with Crippen molar-refractivity contribution in [1.82, 2.24) is 25.9 Å². The number of hydrogen-bond donors (Lipinski definition) is 7. The molecule has 4 unspecified atom stereocenters. The van der Waals surface area contributed by atoms with E-state index in [-0.39, 0.29) is 30.4 Å². The Hall–Kier alpha value is -2.60. The molecule has 4 atom stereocenters. The van der Waals surface area contributed by atoms with Gasteiger partial charge in [-0.15, -0.1) is 0 Å². The van der Waals surface area contributed by atoms with E-state index in [1.165, 1.54) is 12.5 Å². The number of H-pyrrole nitrogens is 1. The normalized spacial score (nSPS) is 15.0. The van der Waals surface area contributed by atoms with E-state index in [2.05, 4.69) is 38.5 Å². The summed E-state index contributed by atoms with van der Waals surface area (Å²) in [5.74, 6) is -3.17. The molecule has 0 aromatic carbocycles. The highest BCUT2D eigenvalue weighted by molar-refractivity contribution is 7.80. The third-order valence-corrected chi connectivity index (χ3v) is 5.14. The van der Waals surface area contributed by atoms with Crippen molar-refractivity contribution in [2.75, 3.05) is 5.75 Å². The second-order valence-corrected chi connectivity index (χ2v) is 8.75. The molecule has 3 amide bonds. The summed E-state index contributed by atoms with van der Waals surface area (Å²) in [5.41, 5.74) is 6.51. The zero-order valence-corrected chi connectivity index (χ0v) is 19.7. The Morgan fingerprint density at radius 1 is 1.03 bits per heavy atom.